The van der Waals surface area contributed by atoms with Crippen molar-refractivity contribution >= 4 is 5.96 Å². The number of nitrogens with zero attached hydrogens (tertiary/aromatic N) is 4. The van der Waals surface area contributed by atoms with Gasteiger partial charge < -0.3 is 19.7 Å². The average Bonchev–Trinajstić information content (AvgIpc) is 2.99. The van der Waals surface area contributed by atoms with Gasteiger partial charge in [-0.1, -0.05) is 6.92 Å². The third-order valence-corrected chi connectivity index (χ3v) is 5.06. The van der Waals surface area contributed by atoms with Gasteiger partial charge in [-0.05, 0) is 52.0 Å². The summed E-state index contributed by atoms with van der Waals surface area (Å²) in [6.45, 7) is 14.7. The molecule has 1 aromatic heterocycles. The highest BCUT2D eigenvalue weighted by molar-refractivity contribution is 5.80. The van der Waals surface area contributed by atoms with Crippen LogP contribution < -0.4 is 5.32 Å². The Balaban J connectivity index is 1.81. The van der Waals surface area contributed by atoms with Crippen LogP contribution in [0.2, 0.25) is 0 Å². The molecule has 160 valence electrons. The molecule has 0 amide bonds. The van der Waals surface area contributed by atoms with Crippen molar-refractivity contribution in [2.24, 2.45) is 10.9 Å². The fourth-order valence-corrected chi connectivity index (χ4v) is 3.57. The predicted octanol–water partition coefficient (Wildman–Crippen LogP) is 2.62. The molecule has 1 N–H and O–H groups in total. The van der Waals surface area contributed by atoms with E-state index in [0.29, 0.717) is 12.0 Å². The molecular formula is C21H39N5O2. The van der Waals surface area contributed by atoms with Crippen LogP contribution in [-0.2, 0) is 16.0 Å². The molecule has 2 heterocycles. The molecular weight excluding hydrogens is 354 g/mol. The highest BCUT2D eigenvalue weighted by Crippen LogP contribution is 2.15. The maximum absolute atomic E-state index is 5.97. The van der Waals surface area contributed by atoms with E-state index in [1.54, 1.807) is 7.11 Å². The second-order valence-electron chi connectivity index (χ2n) is 7.81. The van der Waals surface area contributed by atoms with Gasteiger partial charge in [0.25, 0.3) is 0 Å². The van der Waals surface area contributed by atoms with Gasteiger partial charge in [-0.15, -0.1) is 0 Å². The summed E-state index contributed by atoms with van der Waals surface area (Å²) >= 11 is 0. The Morgan fingerprint density at radius 2 is 2.07 bits per heavy atom. The Morgan fingerprint density at radius 1 is 1.32 bits per heavy atom. The maximum Gasteiger partial charge on any atom is 0.193 e. The largest absolute Gasteiger partial charge is 0.385 e. The molecule has 0 bridgehead atoms. The molecule has 2 rings (SSSR count). The van der Waals surface area contributed by atoms with E-state index in [1.165, 1.54) is 5.69 Å². The van der Waals surface area contributed by atoms with Gasteiger partial charge in [-0.3, -0.25) is 9.67 Å². The molecule has 1 unspecified atom stereocenters. The molecule has 1 saturated heterocycles. The number of aliphatic imine (C=N–C) groups is 1. The summed E-state index contributed by atoms with van der Waals surface area (Å²) in [7, 11) is 1.73. The Kier molecular flexibility index (Phi) is 9.78. The van der Waals surface area contributed by atoms with E-state index in [1.807, 2.05) is 6.92 Å². The van der Waals surface area contributed by atoms with Crippen molar-refractivity contribution in [1.82, 2.24) is 20.0 Å². The fourth-order valence-electron chi connectivity index (χ4n) is 3.57. The van der Waals surface area contributed by atoms with Crippen molar-refractivity contribution < 1.29 is 9.47 Å². The molecule has 0 saturated carbocycles. The summed E-state index contributed by atoms with van der Waals surface area (Å²) in [6, 6.07) is 2.13. The van der Waals surface area contributed by atoms with Gasteiger partial charge in [0.15, 0.2) is 5.96 Å². The summed E-state index contributed by atoms with van der Waals surface area (Å²) in [5.41, 5.74) is 2.29. The predicted molar refractivity (Wildman–Crippen MR) is 114 cm³/mol. The molecule has 28 heavy (non-hydrogen) atoms. The number of piperidine rings is 1. The Hall–Kier alpha value is -1.60. The van der Waals surface area contributed by atoms with Gasteiger partial charge in [0.2, 0.25) is 0 Å². The number of hydrogen-bond donors (Lipinski definition) is 1. The van der Waals surface area contributed by atoms with Crippen LogP contribution in [0.1, 0.15) is 44.5 Å². The number of aryl methyl sites for hydroxylation is 2. The molecule has 1 aliphatic heterocycles. The van der Waals surface area contributed by atoms with E-state index >= 15 is 0 Å². The minimum atomic E-state index is 0.362. The molecule has 7 heteroatoms. The van der Waals surface area contributed by atoms with Crippen LogP contribution in [0.5, 0.6) is 0 Å². The van der Waals surface area contributed by atoms with Crippen molar-refractivity contribution in [3.05, 3.63) is 17.5 Å². The number of methoxy groups -OCH3 is 1. The van der Waals surface area contributed by atoms with Gasteiger partial charge in [-0.2, -0.15) is 5.10 Å². The lowest BCUT2D eigenvalue weighted by atomic mass is 10.1. The first-order chi connectivity index (χ1) is 13.5. The molecule has 1 aromatic rings. The van der Waals surface area contributed by atoms with Crippen molar-refractivity contribution in [1.29, 1.82) is 0 Å². The number of guanidine groups is 1. The van der Waals surface area contributed by atoms with Gasteiger partial charge in [0, 0.05) is 58.7 Å². The highest BCUT2D eigenvalue weighted by Gasteiger charge is 2.22. The van der Waals surface area contributed by atoms with E-state index < -0.39 is 0 Å². The van der Waals surface area contributed by atoms with E-state index in [0.717, 1.165) is 76.9 Å². The van der Waals surface area contributed by atoms with E-state index in [9.17, 15) is 0 Å². The van der Waals surface area contributed by atoms with Crippen LogP contribution in [0.3, 0.4) is 0 Å². The fraction of sp³-hybridized carbons (Fsp3) is 0.810. The number of nitrogens with one attached hydrogen (secondary N) is 1. The second kappa shape index (κ2) is 12.1. The zero-order valence-corrected chi connectivity index (χ0v) is 18.4. The molecule has 1 atom stereocenters. The van der Waals surface area contributed by atoms with Crippen molar-refractivity contribution in [2.45, 2.75) is 59.6 Å². The lowest BCUT2D eigenvalue weighted by Gasteiger charge is -2.34. The lowest BCUT2D eigenvalue weighted by molar-refractivity contribution is 0.00989. The third kappa shape index (κ3) is 7.43. The molecule has 0 aliphatic carbocycles. The van der Waals surface area contributed by atoms with Crippen LogP contribution in [0.25, 0.3) is 0 Å². The summed E-state index contributed by atoms with van der Waals surface area (Å²) in [5.74, 6) is 1.47. The molecule has 1 aliphatic rings. The minimum absolute atomic E-state index is 0.362. The maximum atomic E-state index is 5.97. The van der Waals surface area contributed by atoms with Crippen LogP contribution in [0.15, 0.2) is 11.1 Å². The van der Waals surface area contributed by atoms with Crippen molar-refractivity contribution in [2.75, 3.05) is 46.5 Å². The van der Waals surface area contributed by atoms with E-state index in [4.69, 9.17) is 14.5 Å². The summed E-state index contributed by atoms with van der Waals surface area (Å²) in [6.07, 6.45) is 3.44. The molecule has 0 radical (unpaired) electrons. The second-order valence-corrected chi connectivity index (χ2v) is 7.81. The third-order valence-electron chi connectivity index (χ3n) is 5.06. The number of likely N-dealkylation sites (tertiary alicyclic amines) is 1. The first-order valence-corrected chi connectivity index (χ1v) is 10.7. The molecule has 0 spiro atoms. The van der Waals surface area contributed by atoms with Crippen LogP contribution in [0, 0.1) is 19.8 Å². The van der Waals surface area contributed by atoms with Crippen molar-refractivity contribution in [3.63, 3.8) is 0 Å². The first kappa shape index (κ1) is 22.7. The Labute approximate surface area is 170 Å². The normalized spacial score (nSPS) is 17.2. The van der Waals surface area contributed by atoms with Crippen LogP contribution in [0.4, 0.5) is 0 Å². The smallest absolute Gasteiger partial charge is 0.193 e. The Bertz CT molecular complexity index is 594. The van der Waals surface area contributed by atoms with Crippen molar-refractivity contribution in [3.8, 4) is 0 Å². The number of aromatic nitrogens is 2. The summed E-state index contributed by atoms with van der Waals surface area (Å²) in [5, 5.41) is 8.03. The minimum Gasteiger partial charge on any atom is -0.385 e. The van der Waals surface area contributed by atoms with Gasteiger partial charge in [0.05, 0.1) is 11.8 Å². The zero-order valence-electron chi connectivity index (χ0n) is 18.4. The summed E-state index contributed by atoms with van der Waals surface area (Å²) < 4.78 is 13.1. The monoisotopic (exact) mass is 393 g/mol. The van der Waals surface area contributed by atoms with Gasteiger partial charge in [0.1, 0.15) is 0 Å². The molecule has 0 aromatic carbocycles. The Morgan fingerprint density at radius 3 is 2.68 bits per heavy atom. The quantitative estimate of drug-likeness (QED) is 0.376. The SMILES string of the molecule is CCNC(=NCC(C)Cn1nc(C)cc1C)N1CCC(OCCCOC)CC1. The van der Waals surface area contributed by atoms with Gasteiger partial charge >= 0.3 is 0 Å². The number of ether oxygens (including phenoxy) is 2. The number of hydrogen-bond acceptors (Lipinski definition) is 4. The average molecular weight is 394 g/mol. The van der Waals surface area contributed by atoms with Crippen LogP contribution in [-0.4, -0.2) is 73.2 Å². The van der Waals surface area contributed by atoms with E-state index in [-0.39, 0.29) is 0 Å². The standard InChI is InChI=1S/C21H39N5O2/c1-6-22-21(23-15-17(2)16-26-19(4)14-18(3)24-26)25-10-8-20(9-11-25)28-13-7-12-27-5/h14,17,20H,6-13,15-16H2,1-5H3,(H,22,23). The molecule has 7 nitrogen and oxygen atoms in total. The van der Waals surface area contributed by atoms with Gasteiger partial charge in [-0.25, -0.2) is 0 Å². The summed E-state index contributed by atoms with van der Waals surface area (Å²) in [4.78, 5) is 7.28. The zero-order chi connectivity index (χ0) is 20.4. The lowest BCUT2D eigenvalue weighted by Crippen LogP contribution is -2.47. The highest BCUT2D eigenvalue weighted by atomic mass is 16.5. The van der Waals surface area contributed by atoms with E-state index in [2.05, 4.69) is 46.8 Å². The number of rotatable bonds is 10. The van der Waals surface area contributed by atoms with Crippen LogP contribution >= 0.6 is 0 Å². The molecule has 1 fully saturated rings. The first-order valence-electron chi connectivity index (χ1n) is 10.7. The topological polar surface area (TPSA) is 63.9 Å².